The first-order valence-electron chi connectivity index (χ1n) is 20.8. The summed E-state index contributed by atoms with van der Waals surface area (Å²) in [6.07, 6.45) is 0. The van der Waals surface area contributed by atoms with E-state index in [1.165, 1.54) is 37.0 Å². The van der Waals surface area contributed by atoms with E-state index in [1.54, 1.807) is 11.3 Å². The largest absolute Gasteiger partial charge is 0.454 e. The van der Waals surface area contributed by atoms with Crippen molar-refractivity contribution in [3.05, 3.63) is 188 Å². The fourth-order valence-corrected chi connectivity index (χ4v) is 11.0. The van der Waals surface area contributed by atoms with E-state index in [0.717, 1.165) is 76.3 Å². The maximum atomic E-state index is 6.86. The van der Waals surface area contributed by atoms with Crippen LogP contribution in [-0.4, -0.2) is 24.1 Å². The molecule has 288 valence electrons. The van der Waals surface area contributed by atoms with Gasteiger partial charge in [0.15, 0.2) is 17.2 Å². The first kappa shape index (κ1) is 33.7. The van der Waals surface area contributed by atoms with Crippen LogP contribution in [0.5, 0.6) is 0 Å². The zero-order valence-electron chi connectivity index (χ0n) is 33.0. The summed E-state index contributed by atoms with van der Waals surface area (Å²) in [6.45, 7) is 0. The molecule has 7 heteroatoms. The molecule has 5 heterocycles. The quantitative estimate of drug-likeness (QED) is 0.178. The van der Waals surface area contributed by atoms with Gasteiger partial charge in [-0.25, -0.2) is 4.98 Å². The van der Waals surface area contributed by atoms with Gasteiger partial charge in [-0.2, -0.15) is 9.97 Å². The van der Waals surface area contributed by atoms with E-state index >= 15 is 0 Å². The van der Waals surface area contributed by atoms with Gasteiger partial charge in [-0.05, 0) is 71.4 Å². The lowest BCUT2D eigenvalue weighted by Crippen LogP contribution is -2.07. The monoisotopic (exact) mass is 809 g/mol. The Morgan fingerprint density at radius 1 is 0.403 bits per heavy atom. The second-order valence-corrected chi connectivity index (χ2v) is 17.0. The van der Waals surface area contributed by atoms with E-state index in [9.17, 15) is 0 Å². The van der Waals surface area contributed by atoms with Crippen molar-refractivity contribution in [2.75, 3.05) is 0 Å². The molecular weight excluding hydrogens is 779 g/mol. The maximum Gasteiger partial charge on any atom is 0.238 e. The number of hydrogen-bond donors (Lipinski definition) is 0. The minimum absolute atomic E-state index is 0.558. The van der Waals surface area contributed by atoms with Crippen LogP contribution in [0.3, 0.4) is 0 Å². The number of rotatable bonds is 4. The summed E-state index contributed by atoms with van der Waals surface area (Å²) in [5.41, 5.74) is 8.64. The summed E-state index contributed by atoms with van der Waals surface area (Å²) >= 11 is 1.78. The van der Waals surface area contributed by atoms with E-state index in [2.05, 4.69) is 185 Å². The number of furan rings is 1. The average molecular weight is 810 g/mol. The smallest absolute Gasteiger partial charge is 0.238 e. The molecule has 14 aromatic rings. The van der Waals surface area contributed by atoms with Gasteiger partial charge < -0.3 is 8.98 Å². The first-order chi connectivity index (χ1) is 30.7. The molecule has 0 amide bonds. The topological polar surface area (TPSA) is 61.7 Å². The highest BCUT2D eigenvalue weighted by atomic mass is 32.1. The molecular formula is C55H31N5OS. The highest BCUT2D eigenvalue weighted by molar-refractivity contribution is 7.26. The second-order valence-electron chi connectivity index (χ2n) is 16.0. The van der Waals surface area contributed by atoms with Crippen molar-refractivity contribution >= 4 is 108 Å². The highest BCUT2D eigenvalue weighted by Crippen LogP contribution is 2.43. The van der Waals surface area contributed by atoms with Gasteiger partial charge in [0.05, 0.1) is 27.8 Å². The minimum atomic E-state index is 0.558. The molecule has 0 fully saturated rings. The van der Waals surface area contributed by atoms with Crippen molar-refractivity contribution in [3.63, 3.8) is 0 Å². The highest BCUT2D eigenvalue weighted by Gasteiger charge is 2.24. The van der Waals surface area contributed by atoms with Crippen LogP contribution >= 0.6 is 11.3 Å². The summed E-state index contributed by atoms with van der Waals surface area (Å²) in [4.78, 5) is 16.3. The predicted octanol–water partition coefficient (Wildman–Crippen LogP) is 14.8. The van der Waals surface area contributed by atoms with Crippen LogP contribution in [0.2, 0.25) is 0 Å². The van der Waals surface area contributed by atoms with Crippen LogP contribution in [0.4, 0.5) is 0 Å². The zero-order chi connectivity index (χ0) is 40.5. The molecule has 0 aliphatic rings. The summed E-state index contributed by atoms with van der Waals surface area (Å²) in [6, 6.07) is 66.6. The van der Waals surface area contributed by atoms with E-state index in [0.29, 0.717) is 17.6 Å². The van der Waals surface area contributed by atoms with Crippen LogP contribution < -0.4 is 0 Å². The summed E-state index contributed by atoms with van der Waals surface area (Å²) < 4.78 is 13.8. The Hall–Kier alpha value is -8.13. The van der Waals surface area contributed by atoms with Crippen molar-refractivity contribution in [2.24, 2.45) is 0 Å². The average Bonchev–Trinajstić information content (AvgIpc) is 4.08. The van der Waals surface area contributed by atoms with Gasteiger partial charge in [0.25, 0.3) is 0 Å². The molecule has 5 aromatic heterocycles. The zero-order valence-corrected chi connectivity index (χ0v) is 33.8. The van der Waals surface area contributed by atoms with Crippen molar-refractivity contribution < 1.29 is 4.42 Å². The van der Waals surface area contributed by atoms with Gasteiger partial charge in [0, 0.05) is 63.6 Å². The fourth-order valence-electron chi connectivity index (χ4n) is 9.79. The van der Waals surface area contributed by atoms with Crippen LogP contribution in [0.1, 0.15) is 0 Å². The number of nitrogens with zero attached hydrogens (tertiary/aromatic N) is 5. The maximum absolute atomic E-state index is 6.86. The molecule has 62 heavy (non-hydrogen) atoms. The molecule has 0 saturated heterocycles. The van der Waals surface area contributed by atoms with Gasteiger partial charge in [-0.1, -0.05) is 127 Å². The molecule has 14 rings (SSSR count). The SMILES string of the molecule is c1ccc2cc3c(cc2c1)c1ccccc1n3-c1cc(-c2nc(-c3cccc4c3sc3ccccc34)nc(-n3c4ccccc4c4ccccc43)n2)cc2c1oc1ccccc12. The molecule has 0 aliphatic heterocycles. The number of benzene rings is 9. The molecule has 0 saturated carbocycles. The van der Waals surface area contributed by atoms with Crippen molar-refractivity contribution in [1.29, 1.82) is 0 Å². The lowest BCUT2D eigenvalue weighted by Gasteiger charge is -2.14. The summed E-state index contributed by atoms with van der Waals surface area (Å²) in [7, 11) is 0. The minimum Gasteiger partial charge on any atom is -0.454 e. The van der Waals surface area contributed by atoms with Crippen molar-refractivity contribution in [2.45, 2.75) is 0 Å². The van der Waals surface area contributed by atoms with Gasteiger partial charge in [-0.3, -0.25) is 4.57 Å². The van der Waals surface area contributed by atoms with Crippen LogP contribution in [-0.2, 0) is 0 Å². The van der Waals surface area contributed by atoms with Crippen molar-refractivity contribution in [3.8, 4) is 34.4 Å². The third-order valence-corrected chi connectivity index (χ3v) is 13.8. The Morgan fingerprint density at radius 2 is 1.00 bits per heavy atom. The predicted molar refractivity (Wildman–Crippen MR) is 257 cm³/mol. The van der Waals surface area contributed by atoms with Gasteiger partial charge in [-0.15, -0.1) is 11.3 Å². The number of para-hydroxylation sites is 4. The van der Waals surface area contributed by atoms with Gasteiger partial charge >= 0.3 is 0 Å². The lowest BCUT2D eigenvalue weighted by molar-refractivity contribution is 0.666. The van der Waals surface area contributed by atoms with E-state index < -0.39 is 0 Å². The molecule has 0 spiro atoms. The van der Waals surface area contributed by atoms with Gasteiger partial charge in [0.2, 0.25) is 5.95 Å². The molecule has 0 unspecified atom stereocenters. The fraction of sp³-hybridized carbons (Fsp3) is 0. The Labute approximate surface area is 357 Å². The molecule has 9 aromatic carbocycles. The Balaban J connectivity index is 1.11. The van der Waals surface area contributed by atoms with E-state index in [4.69, 9.17) is 19.4 Å². The van der Waals surface area contributed by atoms with Gasteiger partial charge in [0.1, 0.15) is 5.58 Å². The normalized spacial score (nSPS) is 12.2. The molecule has 0 bridgehead atoms. The lowest BCUT2D eigenvalue weighted by atomic mass is 10.1. The molecule has 0 atom stereocenters. The van der Waals surface area contributed by atoms with E-state index in [1.807, 2.05) is 12.1 Å². The Kier molecular flexibility index (Phi) is 6.89. The molecule has 6 nitrogen and oxygen atoms in total. The molecule has 0 aliphatic carbocycles. The van der Waals surface area contributed by atoms with Crippen LogP contribution in [0, 0.1) is 0 Å². The number of fused-ring (bicyclic) bond motifs is 13. The number of thiophene rings is 1. The van der Waals surface area contributed by atoms with E-state index in [-0.39, 0.29) is 0 Å². The number of aromatic nitrogens is 5. The third-order valence-electron chi connectivity index (χ3n) is 12.5. The summed E-state index contributed by atoms with van der Waals surface area (Å²) in [5.74, 6) is 1.75. The Morgan fingerprint density at radius 3 is 1.77 bits per heavy atom. The number of hydrogen-bond acceptors (Lipinski definition) is 5. The standard InChI is InChI=1S/C55H31N5OS/c1-2-15-33-30-47-42(28-32(33)14-1)37-18-5-8-23-44(37)59(47)48-31-34(29-43-38-19-6-11-26-49(38)61-51(43)48)53-56-54(41-22-13-21-40-39-20-7-12-27-50(39)62-52(40)41)58-55(57-53)60-45-24-9-3-16-35(45)36-17-4-10-25-46(36)60/h1-31H. The molecule has 0 N–H and O–H groups in total. The van der Waals surface area contributed by atoms with Crippen LogP contribution in [0.15, 0.2) is 192 Å². The third kappa shape index (κ3) is 4.76. The Bertz CT molecular complexity index is 4130. The summed E-state index contributed by atoms with van der Waals surface area (Å²) in [5, 5.41) is 11.5. The van der Waals surface area contributed by atoms with Crippen molar-refractivity contribution in [1.82, 2.24) is 24.1 Å². The van der Waals surface area contributed by atoms with Crippen LogP contribution in [0.25, 0.3) is 131 Å². The first-order valence-corrected chi connectivity index (χ1v) is 21.6. The second kappa shape index (κ2) is 12.7. The molecule has 0 radical (unpaired) electrons.